The molecule has 2 heterocycles. The lowest BCUT2D eigenvalue weighted by Crippen LogP contribution is -2.43. The molecule has 2 aromatic carbocycles. The number of carbonyl (C=O) groups excluding carboxylic acids is 1. The van der Waals surface area contributed by atoms with Crippen molar-refractivity contribution in [2.24, 2.45) is 27.3 Å². The van der Waals surface area contributed by atoms with Gasteiger partial charge in [0.25, 0.3) is 5.91 Å². The molecular weight excluding hydrogens is 562 g/mol. The maximum absolute atomic E-state index is 13.3. The van der Waals surface area contributed by atoms with Crippen molar-refractivity contribution in [2.75, 3.05) is 30.9 Å². The van der Waals surface area contributed by atoms with Crippen LogP contribution in [0.1, 0.15) is 54.1 Å². The average molecular weight is 602 g/mol. The van der Waals surface area contributed by atoms with E-state index in [9.17, 15) is 14.1 Å². The number of hydrogen-bond acceptors (Lipinski definition) is 6. The third-order valence-electron chi connectivity index (χ3n) is 8.62. The lowest BCUT2D eigenvalue weighted by molar-refractivity contribution is 0.0126. The van der Waals surface area contributed by atoms with E-state index in [1.165, 1.54) is 11.1 Å². The van der Waals surface area contributed by atoms with Crippen LogP contribution in [0.5, 0.6) is 5.75 Å². The normalized spacial score (nSPS) is 31.8. The topological polar surface area (TPSA) is 114 Å². The SMILES string of the molecule is CO[C@H]1/C=C/[C@H](O)[C@H](C)CS(N)(=O)=NC(=O)c2ccc3c(c2)N(Cc2ccc(Cl)cc2CCCCO3)C[C@@H]2CC[C@H]21. The van der Waals surface area contributed by atoms with Gasteiger partial charge in [0, 0.05) is 30.8 Å². The zero-order chi connectivity index (χ0) is 29.1. The Labute approximate surface area is 248 Å². The van der Waals surface area contributed by atoms with Crippen LogP contribution in [-0.4, -0.2) is 53.4 Å². The first-order valence-electron chi connectivity index (χ1n) is 14.4. The molecule has 41 heavy (non-hydrogen) atoms. The molecular formula is C31H40ClN3O5S. The third kappa shape index (κ3) is 7.14. The van der Waals surface area contributed by atoms with Crippen LogP contribution in [0.2, 0.25) is 5.02 Å². The molecule has 0 spiro atoms. The highest BCUT2D eigenvalue weighted by molar-refractivity contribution is 7.91. The largest absolute Gasteiger partial charge is 0.491 e. The smallest absolute Gasteiger partial charge is 0.286 e. The van der Waals surface area contributed by atoms with Crippen LogP contribution in [0, 0.1) is 17.8 Å². The van der Waals surface area contributed by atoms with Crippen molar-refractivity contribution in [1.82, 2.24) is 0 Å². The van der Waals surface area contributed by atoms with Gasteiger partial charge in [-0.25, -0.2) is 9.35 Å². The van der Waals surface area contributed by atoms with Crippen LogP contribution in [-0.2, 0) is 27.6 Å². The van der Waals surface area contributed by atoms with Crippen molar-refractivity contribution in [3.8, 4) is 5.75 Å². The number of methoxy groups -OCH3 is 1. The zero-order valence-electron chi connectivity index (χ0n) is 23.7. The molecule has 6 atom stereocenters. The second-order valence-corrected chi connectivity index (χ2v) is 13.9. The van der Waals surface area contributed by atoms with Crippen LogP contribution in [0.25, 0.3) is 0 Å². The van der Waals surface area contributed by atoms with Crippen LogP contribution in [0.4, 0.5) is 5.69 Å². The Kier molecular flexibility index (Phi) is 9.40. The summed E-state index contributed by atoms with van der Waals surface area (Å²) >= 11 is 6.40. The number of hydrogen-bond donors (Lipinski definition) is 2. The van der Waals surface area contributed by atoms with Crippen molar-refractivity contribution in [2.45, 2.75) is 57.8 Å². The lowest BCUT2D eigenvalue weighted by atomic mass is 9.70. The number of aliphatic hydroxyl groups excluding tert-OH is 1. The van der Waals surface area contributed by atoms with Crippen LogP contribution in [0.15, 0.2) is 52.9 Å². The van der Waals surface area contributed by atoms with Gasteiger partial charge in [0.05, 0.1) is 30.3 Å². The fourth-order valence-corrected chi connectivity index (χ4v) is 7.71. The number of ether oxygens (including phenoxy) is 2. The monoisotopic (exact) mass is 601 g/mol. The number of nitrogens with two attached hydrogens (primary N) is 1. The summed E-state index contributed by atoms with van der Waals surface area (Å²) in [4.78, 5) is 15.6. The molecule has 2 bridgehead atoms. The summed E-state index contributed by atoms with van der Waals surface area (Å²) in [5.41, 5.74) is 3.48. The van der Waals surface area contributed by atoms with E-state index in [0.29, 0.717) is 35.4 Å². The Hall–Kier alpha value is -2.43. The number of anilines is 1. The first kappa shape index (κ1) is 30.0. The second kappa shape index (κ2) is 12.8. The van der Waals surface area contributed by atoms with Gasteiger partial charge in [0.15, 0.2) is 0 Å². The van der Waals surface area contributed by atoms with Gasteiger partial charge in [0.2, 0.25) is 0 Å². The fourth-order valence-electron chi connectivity index (χ4n) is 6.11. The van der Waals surface area contributed by atoms with E-state index in [-0.39, 0.29) is 17.8 Å². The van der Waals surface area contributed by atoms with Crippen LogP contribution >= 0.6 is 11.6 Å². The molecule has 5 rings (SSSR count). The van der Waals surface area contributed by atoms with E-state index < -0.39 is 27.8 Å². The molecule has 1 amide bonds. The molecule has 0 saturated heterocycles. The van der Waals surface area contributed by atoms with Gasteiger partial charge in [-0.2, -0.15) is 0 Å². The van der Waals surface area contributed by atoms with E-state index in [0.717, 1.165) is 44.3 Å². The number of aliphatic hydroxyl groups is 1. The molecule has 8 nitrogen and oxygen atoms in total. The number of halogens is 1. The van der Waals surface area contributed by atoms with Crippen molar-refractivity contribution in [1.29, 1.82) is 0 Å². The lowest BCUT2D eigenvalue weighted by Gasteiger charge is -2.43. The minimum atomic E-state index is -3.38. The first-order chi connectivity index (χ1) is 19.6. The summed E-state index contributed by atoms with van der Waals surface area (Å²) in [5, 5.41) is 17.5. The number of aryl methyl sites for hydroxylation is 1. The van der Waals surface area contributed by atoms with Gasteiger partial charge in [-0.05, 0) is 91.3 Å². The van der Waals surface area contributed by atoms with E-state index in [4.69, 9.17) is 26.2 Å². The third-order valence-corrected chi connectivity index (χ3v) is 10.3. The maximum Gasteiger partial charge on any atom is 0.286 e. The molecule has 3 N–H and O–H groups in total. The molecule has 222 valence electrons. The van der Waals surface area contributed by atoms with Crippen molar-refractivity contribution in [3.63, 3.8) is 0 Å². The fraction of sp³-hybridized carbons (Fsp3) is 0.516. The molecule has 1 fully saturated rings. The Morgan fingerprint density at radius 1 is 1.15 bits per heavy atom. The molecule has 1 saturated carbocycles. The molecule has 1 aliphatic carbocycles. The molecule has 2 aliphatic heterocycles. The molecule has 1 unspecified atom stereocenters. The molecule has 0 aromatic heterocycles. The Bertz CT molecular complexity index is 1420. The molecule has 3 aliphatic rings. The van der Waals surface area contributed by atoms with Crippen molar-refractivity contribution < 1.29 is 23.6 Å². The van der Waals surface area contributed by atoms with Crippen molar-refractivity contribution >= 4 is 33.1 Å². The van der Waals surface area contributed by atoms with E-state index in [1.54, 1.807) is 38.3 Å². The summed E-state index contributed by atoms with van der Waals surface area (Å²) in [5.74, 6) is 0.0577. The zero-order valence-corrected chi connectivity index (χ0v) is 25.3. The second-order valence-electron chi connectivity index (χ2n) is 11.6. The van der Waals surface area contributed by atoms with Gasteiger partial charge < -0.3 is 19.5 Å². The average Bonchev–Trinajstić information content (AvgIpc) is 2.94. The van der Waals surface area contributed by atoms with Crippen LogP contribution in [0.3, 0.4) is 0 Å². The number of nitrogens with zero attached hydrogens (tertiary/aromatic N) is 2. The Morgan fingerprint density at radius 2 is 1.98 bits per heavy atom. The van der Waals surface area contributed by atoms with E-state index >= 15 is 0 Å². The van der Waals surface area contributed by atoms with Gasteiger partial charge in [0.1, 0.15) is 15.7 Å². The molecule has 2 aromatic rings. The van der Waals surface area contributed by atoms with Crippen molar-refractivity contribution in [3.05, 3.63) is 70.3 Å². The Morgan fingerprint density at radius 3 is 2.73 bits per heavy atom. The minimum Gasteiger partial charge on any atom is -0.491 e. The van der Waals surface area contributed by atoms with Gasteiger partial charge in [-0.3, -0.25) is 4.79 Å². The van der Waals surface area contributed by atoms with Gasteiger partial charge in [-0.1, -0.05) is 36.7 Å². The highest BCUT2D eigenvalue weighted by Gasteiger charge is 2.38. The summed E-state index contributed by atoms with van der Waals surface area (Å²) in [6.45, 7) is 3.63. The quantitative estimate of drug-likeness (QED) is 0.437. The highest BCUT2D eigenvalue weighted by Crippen LogP contribution is 2.42. The maximum atomic E-state index is 13.3. The number of amides is 1. The van der Waals surface area contributed by atoms with E-state index in [2.05, 4.69) is 15.3 Å². The predicted octanol–water partition coefficient (Wildman–Crippen LogP) is 5.15. The minimum absolute atomic E-state index is 0.118. The standard InChI is InChI=1S/C31H40ClN3O5S/c1-20-19-41(33,38)34-31(37)22-8-12-30-27(16-22)35(18-24-7-10-26(24)29(39-2)13-11-28(20)36)17-23-6-9-25(32)15-21(23)5-3-4-14-40-30/h6,8-9,11-13,15-16,20,24,26,28-29,36H,3-5,7,10,14,17-19H2,1-2H3,(H2,33,34,37,38)/b13-11+/t20-,24+,26-,28+,29+,41?/m1/s1. The van der Waals surface area contributed by atoms with E-state index in [1.807, 2.05) is 18.2 Å². The highest BCUT2D eigenvalue weighted by atomic mass is 35.5. The van der Waals surface area contributed by atoms with Gasteiger partial charge >= 0.3 is 0 Å². The molecule has 0 radical (unpaired) electrons. The summed E-state index contributed by atoms with van der Waals surface area (Å²) < 4.78 is 29.3. The summed E-state index contributed by atoms with van der Waals surface area (Å²) in [7, 11) is -1.69. The molecule has 10 heteroatoms. The summed E-state index contributed by atoms with van der Waals surface area (Å²) in [6.07, 6.45) is 7.34. The number of fused-ring (bicyclic) bond motifs is 3. The number of benzene rings is 2. The summed E-state index contributed by atoms with van der Waals surface area (Å²) in [6, 6.07) is 11.3. The first-order valence-corrected chi connectivity index (χ1v) is 16.5. The number of carbonyl (C=O) groups is 1. The predicted molar refractivity (Wildman–Crippen MR) is 163 cm³/mol. The Balaban J connectivity index is 1.63. The number of rotatable bonds is 1. The van der Waals surface area contributed by atoms with Crippen LogP contribution < -0.4 is 14.8 Å². The van der Waals surface area contributed by atoms with Gasteiger partial charge in [-0.15, -0.1) is 4.36 Å².